The Morgan fingerprint density at radius 1 is 1.25 bits per heavy atom. The van der Waals surface area contributed by atoms with E-state index in [9.17, 15) is 9.59 Å². The van der Waals surface area contributed by atoms with Crippen molar-refractivity contribution in [3.05, 3.63) is 0 Å². The summed E-state index contributed by atoms with van der Waals surface area (Å²) in [5.41, 5.74) is 0. The summed E-state index contributed by atoms with van der Waals surface area (Å²) < 4.78 is 0. The smallest absolute Gasteiger partial charge is 0.308 e. The fourth-order valence-corrected chi connectivity index (χ4v) is 1.36. The number of amides is 1. The zero-order valence-electron chi connectivity index (χ0n) is 10.6. The Hall–Kier alpha value is -1.06. The van der Waals surface area contributed by atoms with E-state index >= 15 is 0 Å². The SMILES string of the molecule is CCC(C)CC(=O)NCC(C(=O)O)C(C)C. The first kappa shape index (κ1) is 14.9. The molecule has 4 heteroatoms. The first-order valence-electron chi connectivity index (χ1n) is 5.87. The molecular formula is C12H23NO3. The van der Waals surface area contributed by atoms with Gasteiger partial charge in [-0.15, -0.1) is 0 Å². The first-order valence-corrected chi connectivity index (χ1v) is 5.87. The molecule has 16 heavy (non-hydrogen) atoms. The van der Waals surface area contributed by atoms with E-state index in [4.69, 9.17) is 5.11 Å². The molecule has 0 bridgehead atoms. The molecule has 0 aromatic heterocycles. The van der Waals surface area contributed by atoms with E-state index in [0.717, 1.165) is 6.42 Å². The van der Waals surface area contributed by atoms with E-state index in [1.54, 1.807) is 0 Å². The normalized spacial score (nSPS) is 14.6. The minimum absolute atomic E-state index is 0.0291. The average molecular weight is 229 g/mol. The monoisotopic (exact) mass is 229 g/mol. The summed E-state index contributed by atoms with van der Waals surface area (Å²) in [5.74, 6) is -1.02. The van der Waals surface area contributed by atoms with E-state index in [0.29, 0.717) is 12.3 Å². The lowest BCUT2D eigenvalue weighted by molar-refractivity contribution is -0.143. The molecule has 0 saturated carbocycles. The van der Waals surface area contributed by atoms with Gasteiger partial charge >= 0.3 is 5.97 Å². The molecule has 2 unspecified atom stereocenters. The van der Waals surface area contributed by atoms with Gasteiger partial charge in [0.1, 0.15) is 0 Å². The summed E-state index contributed by atoms with van der Waals surface area (Å²) in [5, 5.41) is 11.6. The van der Waals surface area contributed by atoms with Crippen LogP contribution >= 0.6 is 0 Å². The van der Waals surface area contributed by atoms with E-state index < -0.39 is 11.9 Å². The predicted octanol–water partition coefficient (Wildman–Crippen LogP) is 1.90. The van der Waals surface area contributed by atoms with Gasteiger partial charge in [0.15, 0.2) is 0 Å². The fourth-order valence-electron chi connectivity index (χ4n) is 1.36. The fraction of sp³-hybridized carbons (Fsp3) is 0.833. The Morgan fingerprint density at radius 3 is 2.19 bits per heavy atom. The lowest BCUT2D eigenvalue weighted by Crippen LogP contribution is -2.36. The van der Waals surface area contributed by atoms with Crippen LogP contribution in [0.1, 0.15) is 40.5 Å². The van der Waals surface area contributed by atoms with Crippen molar-refractivity contribution in [3.8, 4) is 0 Å². The molecule has 0 heterocycles. The lowest BCUT2D eigenvalue weighted by atomic mass is 9.96. The second-order valence-electron chi connectivity index (χ2n) is 4.71. The van der Waals surface area contributed by atoms with E-state index in [1.807, 2.05) is 27.7 Å². The largest absolute Gasteiger partial charge is 0.481 e. The van der Waals surface area contributed by atoms with Crippen molar-refractivity contribution in [2.75, 3.05) is 6.54 Å². The molecule has 2 N–H and O–H groups in total. The molecule has 4 nitrogen and oxygen atoms in total. The van der Waals surface area contributed by atoms with Crippen LogP contribution in [0, 0.1) is 17.8 Å². The highest BCUT2D eigenvalue weighted by Gasteiger charge is 2.22. The molecule has 0 radical (unpaired) electrons. The second-order valence-corrected chi connectivity index (χ2v) is 4.71. The number of aliphatic carboxylic acids is 1. The van der Waals surface area contributed by atoms with Crippen molar-refractivity contribution in [1.29, 1.82) is 0 Å². The summed E-state index contributed by atoms with van der Waals surface area (Å²) in [6, 6.07) is 0. The molecule has 0 fully saturated rings. The zero-order chi connectivity index (χ0) is 12.7. The topological polar surface area (TPSA) is 66.4 Å². The zero-order valence-corrected chi connectivity index (χ0v) is 10.6. The van der Waals surface area contributed by atoms with Gasteiger partial charge in [0.2, 0.25) is 5.91 Å². The molecule has 0 rings (SSSR count). The van der Waals surface area contributed by atoms with Gasteiger partial charge in [0.25, 0.3) is 0 Å². The maximum Gasteiger partial charge on any atom is 0.308 e. The molecule has 0 aromatic carbocycles. The van der Waals surface area contributed by atoms with Crippen LogP contribution in [0.3, 0.4) is 0 Å². The summed E-state index contributed by atoms with van der Waals surface area (Å²) >= 11 is 0. The van der Waals surface area contributed by atoms with Gasteiger partial charge in [-0.25, -0.2) is 0 Å². The molecule has 0 aliphatic rings. The van der Waals surface area contributed by atoms with Gasteiger partial charge in [-0.05, 0) is 11.8 Å². The summed E-state index contributed by atoms with van der Waals surface area (Å²) in [4.78, 5) is 22.3. The van der Waals surface area contributed by atoms with Crippen LogP contribution in [0.5, 0.6) is 0 Å². The summed E-state index contributed by atoms with van der Waals surface area (Å²) in [6.07, 6.45) is 1.43. The quantitative estimate of drug-likeness (QED) is 0.700. The third-order valence-corrected chi connectivity index (χ3v) is 2.87. The first-order chi connectivity index (χ1) is 7.38. The third kappa shape index (κ3) is 5.73. The number of carbonyl (C=O) groups is 2. The van der Waals surface area contributed by atoms with Crippen molar-refractivity contribution in [2.24, 2.45) is 17.8 Å². The number of carboxylic acid groups (broad SMARTS) is 1. The number of carbonyl (C=O) groups excluding carboxylic acids is 1. The van der Waals surface area contributed by atoms with Gasteiger partial charge in [0, 0.05) is 13.0 Å². The lowest BCUT2D eigenvalue weighted by Gasteiger charge is -2.17. The Balaban J connectivity index is 4.02. The van der Waals surface area contributed by atoms with Gasteiger partial charge < -0.3 is 10.4 Å². The van der Waals surface area contributed by atoms with E-state index in [-0.39, 0.29) is 18.4 Å². The average Bonchev–Trinajstić information content (AvgIpc) is 2.16. The highest BCUT2D eigenvalue weighted by Crippen LogP contribution is 2.10. The van der Waals surface area contributed by atoms with Crippen LogP contribution in [0.25, 0.3) is 0 Å². The Labute approximate surface area is 97.4 Å². The van der Waals surface area contributed by atoms with E-state index in [2.05, 4.69) is 5.32 Å². The molecule has 0 aliphatic heterocycles. The Morgan fingerprint density at radius 2 is 1.81 bits per heavy atom. The Bertz CT molecular complexity index is 238. The van der Waals surface area contributed by atoms with Crippen molar-refractivity contribution in [3.63, 3.8) is 0 Å². The second kappa shape index (κ2) is 7.25. The number of hydrogen-bond acceptors (Lipinski definition) is 2. The highest BCUT2D eigenvalue weighted by molar-refractivity contribution is 5.77. The minimum atomic E-state index is -0.848. The van der Waals surface area contributed by atoms with E-state index in [1.165, 1.54) is 0 Å². The van der Waals surface area contributed by atoms with Crippen molar-refractivity contribution >= 4 is 11.9 Å². The highest BCUT2D eigenvalue weighted by atomic mass is 16.4. The number of rotatable bonds is 7. The van der Waals surface area contributed by atoms with Crippen LogP contribution < -0.4 is 5.32 Å². The van der Waals surface area contributed by atoms with Crippen LogP contribution in [0.4, 0.5) is 0 Å². The molecule has 0 saturated heterocycles. The number of hydrogen-bond donors (Lipinski definition) is 2. The number of carboxylic acids is 1. The predicted molar refractivity (Wildman–Crippen MR) is 63.0 cm³/mol. The molecule has 0 aromatic rings. The molecule has 0 spiro atoms. The standard InChI is InChI=1S/C12H23NO3/c1-5-9(4)6-11(14)13-7-10(8(2)3)12(15)16/h8-10H,5-7H2,1-4H3,(H,13,14)(H,15,16). The van der Waals surface area contributed by atoms with Crippen molar-refractivity contribution < 1.29 is 14.7 Å². The molecular weight excluding hydrogens is 206 g/mol. The van der Waals surface area contributed by atoms with Gasteiger partial charge in [-0.3, -0.25) is 9.59 Å². The molecule has 1 amide bonds. The van der Waals surface area contributed by atoms with Crippen molar-refractivity contribution in [2.45, 2.75) is 40.5 Å². The van der Waals surface area contributed by atoms with Crippen molar-refractivity contribution in [1.82, 2.24) is 5.32 Å². The third-order valence-electron chi connectivity index (χ3n) is 2.87. The van der Waals surface area contributed by atoms with Crippen LogP contribution in [-0.4, -0.2) is 23.5 Å². The molecule has 94 valence electrons. The van der Waals surface area contributed by atoms with Gasteiger partial charge in [0.05, 0.1) is 5.92 Å². The maximum absolute atomic E-state index is 11.5. The van der Waals surface area contributed by atoms with Crippen LogP contribution in [0.2, 0.25) is 0 Å². The number of nitrogens with one attached hydrogen (secondary N) is 1. The van der Waals surface area contributed by atoms with Crippen LogP contribution in [0.15, 0.2) is 0 Å². The Kier molecular flexibility index (Phi) is 6.77. The maximum atomic E-state index is 11.5. The molecule has 0 aliphatic carbocycles. The minimum Gasteiger partial charge on any atom is -0.481 e. The summed E-state index contributed by atoms with van der Waals surface area (Å²) in [6.45, 7) is 7.96. The summed E-state index contributed by atoms with van der Waals surface area (Å²) in [7, 11) is 0. The molecule has 2 atom stereocenters. The van der Waals surface area contributed by atoms with Gasteiger partial charge in [-0.2, -0.15) is 0 Å². The van der Waals surface area contributed by atoms with Crippen LogP contribution in [-0.2, 0) is 9.59 Å². The van der Waals surface area contributed by atoms with Gasteiger partial charge in [-0.1, -0.05) is 34.1 Å².